The number of H-pyrrole nitrogens is 1. The first kappa shape index (κ1) is 12.7. The molecule has 1 aliphatic rings. The summed E-state index contributed by atoms with van der Waals surface area (Å²) in [5.41, 5.74) is 6.25. The number of aromatic nitrogens is 2. The van der Waals surface area contributed by atoms with E-state index >= 15 is 0 Å². The molecule has 3 N–H and O–H groups in total. The highest BCUT2D eigenvalue weighted by Gasteiger charge is 2.36. The molecule has 2 atom stereocenters. The van der Waals surface area contributed by atoms with Gasteiger partial charge in [-0.1, -0.05) is 12.1 Å². The second kappa shape index (κ2) is 4.96. The molecular formula is C14H15FN4O. The minimum atomic E-state index is -0.326. The number of carbonyl (C=O) groups excluding carboxylic acids is 1. The van der Waals surface area contributed by atoms with E-state index in [4.69, 9.17) is 5.73 Å². The van der Waals surface area contributed by atoms with Crippen molar-refractivity contribution >= 4 is 11.7 Å². The molecule has 1 aliphatic heterocycles. The van der Waals surface area contributed by atoms with Gasteiger partial charge in [-0.15, -0.1) is 0 Å². The lowest BCUT2D eigenvalue weighted by molar-refractivity contribution is -0.121. The lowest BCUT2D eigenvalue weighted by atomic mass is 9.99. The third-order valence-corrected chi connectivity index (χ3v) is 3.73. The number of halogens is 1. The molecular weight excluding hydrogens is 259 g/mol. The number of benzene rings is 1. The lowest BCUT2D eigenvalue weighted by Gasteiger charge is -2.25. The van der Waals surface area contributed by atoms with Crippen LogP contribution in [0.3, 0.4) is 0 Å². The Balaban J connectivity index is 1.95. The van der Waals surface area contributed by atoms with E-state index in [0.29, 0.717) is 13.0 Å². The third-order valence-electron chi connectivity index (χ3n) is 3.73. The van der Waals surface area contributed by atoms with Crippen molar-refractivity contribution in [2.45, 2.75) is 12.5 Å². The first-order valence-corrected chi connectivity index (χ1v) is 6.46. The molecule has 0 saturated carbocycles. The number of primary amides is 1. The maximum atomic E-state index is 13.4. The van der Waals surface area contributed by atoms with Gasteiger partial charge in [0.25, 0.3) is 0 Å². The molecule has 0 bridgehead atoms. The molecule has 1 aromatic heterocycles. The van der Waals surface area contributed by atoms with Crippen molar-refractivity contribution in [1.29, 1.82) is 0 Å². The van der Waals surface area contributed by atoms with E-state index in [1.54, 1.807) is 12.3 Å². The number of rotatable bonds is 3. The van der Waals surface area contributed by atoms with Crippen molar-refractivity contribution in [3.05, 3.63) is 47.9 Å². The second-order valence-electron chi connectivity index (χ2n) is 5.00. The van der Waals surface area contributed by atoms with Crippen LogP contribution in [0.5, 0.6) is 0 Å². The van der Waals surface area contributed by atoms with Gasteiger partial charge >= 0.3 is 0 Å². The van der Waals surface area contributed by atoms with Crippen LogP contribution in [0.15, 0.2) is 36.5 Å². The number of carbonyl (C=O) groups is 1. The Hall–Kier alpha value is -2.37. The molecule has 5 nitrogen and oxygen atoms in total. The maximum absolute atomic E-state index is 13.4. The third kappa shape index (κ3) is 2.24. The molecule has 1 amide bonds. The van der Waals surface area contributed by atoms with E-state index in [-0.39, 0.29) is 23.7 Å². The average Bonchev–Trinajstić information content (AvgIpc) is 3.07. The quantitative estimate of drug-likeness (QED) is 0.892. The highest BCUT2D eigenvalue weighted by molar-refractivity contribution is 5.78. The van der Waals surface area contributed by atoms with Gasteiger partial charge in [-0.05, 0) is 24.1 Å². The number of aromatic amines is 1. The minimum Gasteiger partial charge on any atom is -0.369 e. The van der Waals surface area contributed by atoms with E-state index in [1.807, 2.05) is 17.0 Å². The number of nitrogens with zero attached hydrogens (tertiary/aromatic N) is 2. The van der Waals surface area contributed by atoms with Crippen LogP contribution >= 0.6 is 0 Å². The zero-order chi connectivity index (χ0) is 14.1. The standard InChI is InChI=1S/C14H15FN4O/c15-11-3-1-2-9(6-11)12-7-10(14(16)20)8-19(12)13-4-5-17-18-13/h1-6,10,12H,7-8H2,(H2,16,20)(H,17,18)/t10-,12+/m0/s1. The number of hydrogen-bond donors (Lipinski definition) is 2. The van der Waals surface area contributed by atoms with E-state index in [2.05, 4.69) is 10.2 Å². The van der Waals surface area contributed by atoms with E-state index in [9.17, 15) is 9.18 Å². The van der Waals surface area contributed by atoms with Crippen LogP contribution < -0.4 is 10.6 Å². The molecule has 0 radical (unpaired) electrons. The van der Waals surface area contributed by atoms with Crippen LogP contribution in [0.25, 0.3) is 0 Å². The monoisotopic (exact) mass is 274 g/mol. The molecule has 3 rings (SSSR count). The van der Waals surface area contributed by atoms with Crippen LogP contribution in [0.4, 0.5) is 10.2 Å². The highest BCUT2D eigenvalue weighted by Crippen LogP contribution is 2.38. The van der Waals surface area contributed by atoms with E-state index in [0.717, 1.165) is 11.4 Å². The van der Waals surface area contributed by atoms with Crippen molar-refractivity contribution in [2.75, 3.05) is 11.4 Å². The molecule has 2 aromatic rings. The fourth-order valence-corrected chi connectivity index (χ4v) is 2.75. The van der Waals surface area contributed by atoms with Crippen LogP contribution in [0.2, 0.25) is 0 Å². The van der Waals surface area contributed by atoms with Crippen LogP contribution in [-0.4, -0.2) is 22.6 Å². The first-order chi connectivity index (χ1) is 9.65. The maximum Gasteiger partial charge on any atom is 0.222 e. The van der Waals surface area contributed by atoms with Crippen molar-refractivity contribution < 1.29 is 9.18 Å². The molecule has 20 heavy (non-hydrogen) atoms. The summed E-state index contributed by atoms with van der Waals surface area (Å²) in [4.78, 5) is 13.5. The van der Waals surface area contributed by atoms with Crippen molar-refractivity contribution in [3.8, 4) is 0 Å². The van der Waals surface area contributed by atoms with E-state index in [1.165, 1.54) is 12.1 Å². The molecule has 0 unspecified atom stereocenters. The van der Waals surface area contributed by atoms with Gasteiger partial charge in [-0.2, -0.15) is 5.10 Å². The fraction of sp³-hybridized carbons (Fsp3) is 0.286. The van der Waals surface area contributed by atoms with Gasteiger partial charge in [-0.3, -0.25) is 9.89 Å². The van der Waals surface area contributed by atoms with Gasteiger partial charge in [0.05, 0.1) is 18.2 Å². The molecule has 1 fully saturated rings. The first-order valence-electron chi connectivity index (χ1n) is 6.46. The Bertz CT molecular complexity index is 613. The summed E-state index contributed by atoms with van der Waals surface area (Å²) in [6.45, 7) is 0.513. The topological polar surface area (TPSA) is 75.0 Å². The van der Waals surface area contributed by atoms with Crippen molar-refractivity contribution in [2.24, 2.45) is 11.7 Å². The predicted octanol–water partition coefficient (Wildman–Crippen LogP) is 1.60. The zero-order valence-corrected chi connectivity index (χ0v) is 10.8. The number of hydrogen-bond acceptors (Lipinski definition) is 3. The Kier molecular flexibility index (Phi) is 3.14. The van der Waals surface area contributed by atoms with Crippen LogP contribution in [-0.2, 0) is 4.79 Å². The van der Waals surface area contributed by atoms with Crippen molar-refractivity contribution in [3.63, 3.8) is 0 Å². The number of anilines is 1. The van der Waals surface area contributed by atoms with Gasteiger partial charge in [-0.25, -0.2) is 4.39 Å². The molecule has 0 spiro atoms. The summed E-state index contributed by atoms with van der Waals surface area (Å²) in [6, 6.07) is 8.19. The Morgan fingerprint density at radius 2 is 2.30 bits per heavy atom. The highest BCUT2D eigenvalue weighted by atomic mass is 19.1. The Labute approximate surface area is 115 Å². The van der Waals surface area contributed by atoms with Gasteiger partial charge in [0.1, 0.15) is 11.6 Å². The summed E-state index contributed by atoms with van der Waals surface area (Å²) in [5, 5.41) is 6.81. The average molecular weight is 274 g/mol. The molecule has 2 heterocycles. The minimum absolute atomic E-state index is 0.0800. The number of nitrogens with two attached hydrogens (primary N) is 1. The zero-order valence-electron chi connectivity index (χ0n) is 10.8. The molecule has 1 aromatic carbocycles. The SMILES string of the molecule is NC(=O)[C@H]1C[C@H](c2cccc(F)c2)N(c2ccn[nH]2)C1. The summed E-state index contributed by atoms with van der Waals surface area (Å²) < 4.78 is 13.4. The van der Waals surface area contributed by atoms with Gasteiger partial charge in [0.15, 0.2) is 0 Å². The molecule has 104 valence electrons. The fourth-order valence-electron chi connectivity index (χ4n) is 2.75. The molecule has 1 saturated heterocycles. The normalized spacial score (nSPS) is 22.1. The van der Waals surface area contributed by atoms with Crippen molar-refractivity contribution in [1.82, 2.24) is 10.2 Å². The van der Waals surface area contributed by atoms with Crippen LogP contribution in [0, 0.1) is 11.7 Å². The number of nitrogens with one attached hydrogen (secondary N) is 1. The van der Waals surface area contributed by atoms with E-state index < -0.39 is 0 Å². The smallest absolute Gasteiger partial charge is 0.222 e. The molecule has 6 heteroatoms. The Morgan fingerprint density at radius 3 is 2.95 bits per heavy atom. The summed E-state index contributed by atoms with van der Waals surface area (Å²) in [5.74, 6) is -0.0439. The molecule has 0 aliphatic carbocycles. The van der Waals surface area contributed by atoms with Gasteiger partial charge < -0.3 is 10.6 Å². The lowest BCUT2D eigenvalue weighted by Crippen LogP contribution is -2.28. The summed E-state index contributed by atoms with van der Waals surface area (Å²) >= 11 is 0. The van der Waals surface area contributed by atoms with Crippen LogP contribution in [0.1, 0.15) is 18.0 Å². The summed E-state index contributed by atoms with van der Waals surface area (Å²) in [6.07, 6.45) is 2.23. The second-order valence-corrected chi connectivity index (χ2v) is 5.00. The Morgan fingerprint density at radius 1 is 1.45 bits per heavy atom. The summed E-state index contributed by atoms with van der Waals surface area (Å²) in [7, 11) is 0. The van der Waals surface area contributed by atoms with Gasteiger partial charge in [0.2, 0.25) is 5.91 Å². The number of amides is 1. The largest absolute Gasteiger partial charge is 0.369 e. The predicted molar refractivity (Wildman–Crippen MR) is 72.4 cm³/mol. The van der Waals surface area contributed by atoms with Gasteiger partial charge in [0, 0.05) is 12.6 Å².